The first-order valence-corrected chi connectivity index (χ1v) is 7.62. The fourth-order valence-corrected chi connectivity index (χ4v) is 3.46. The van der Waals surface area contributed by atoms with E-state index in [4.69, 9.17) is 0 Å². The lowest BCUT2D eigenvalue weighted by Crippen LogP contribution is -2.41. The molecule has 18 heavy (non-hydrogen) atoms. The van der Waals surface area contributed by atoms with E-state index in [2.05, 4.69) is 43.0 Å². The van der Waals surface area contributed by atoms with Crippen molar-refractivity contribution in [2.75, 3.05) is 26.7 Å². The number of rotatable bonds is 4. The van der Waals surface area contributed by atoms with Crippen LogP contribution in [0.2, 0.25) is 0 Å². The zero-order valence-electron chi connectivity index (χ0n) is 12.0. The highest BCUT2D eigenvalue weighted by Gasteiger charge is 2.28. The zero-order valence-corrected chi connectivity index (χ0v) is 12.9. The topological polar surface area (TPSA) is 28.2 Å². The second-order valence-corrected chi connectivity index (χ2v) is 7.25. The molecular weight excluding hydrogens is 242 g/mol. The number of nitrogens with one attached hydrogen (secondary N) is 1. The molecule has 1 N–H and O–H groups in total. The number of likely N-dealkylation sites (tertiary alicyclic amines) is 1. The summed E-state index contributed by atoms with van der Waals surface area (Å²) >= 11 is 1.82. The Morgan fingerprint density at radius 2 is 2.00 bits per heavy atom. The van der Waals surface area contributed by atoms with E-state index in [1.807, 2.05) is 11.3 Å². The highest BCUT2D eigenvalue weighted by molar-refractivity contribution is 7.11. The number of thiazole rings is 1. The maximum absolute atomic E-state index is 4.48. The molecule has 0 saturated carbocycles. The molecule has 0 unspecified atom stereocenters. The van der Waals surface area contributed by atoms with E-state index in [1.54, 1.807) is 0 Å². The highest BCUT2D eigenvalue weighted by atomic mass is 32.1. The van der Waals surface area contributed by atoms with Crippen LogP contribution < -0.4 is 5.32 Å². The smallest absolute Gasteiger partial charge is 0.0900 e. The Morgan fingerprint density at radius 1 is 1.33 bits per heavy atom. The monoisotopic (exact) mass is 267 g/mol. The van der Waals surface area contributed by atoms with Crippen molar-refractivity contribution in [1.29, 1.82) is 0 Å². The maximum atomic E-state index is 4.48. The molecule has 2 rings (SSSR count). The van der Waals surface area contributed by atoms with Gasteiger partial charge in [-0.05, 0) is 52.2 Å². The molecule has 0 amide bonds. The van der Waals surface area contributed by atoms with E-state index in [1.165, 1.54) is 41.5 Å². The second-order valence-electron chi connectivity index (χ2n) is 5.96. The van der Waals surface area contributed by atoms with Gasteiger partial charge in [-0.1, -0.05) is 6.92 Å². The first kappa shape index (κ1) is 14.0. The summed E-state index contributed by atoms with van der Waals surface area (Å²) in [5.41, 5.74) is 1.67. The van der Waals surface area contributed by atoms with Crippen LogP contribution in [0.25, 0.3) is 0 Å². The Kier molecular flexibility index (Phi) is 4.41. The molecule has 0 aliphatic carbocycles. The van der Waals surface area contributed by atoms with Crippen LogP contribution in [0.4, 0.5) is 0 Å². The molecule has 0 spiro atoms. The molecule has 1 fully saturated rings. The Morgan fingerprint density at radius 3 is 2.56 bits per heavy atom. The van der Waals surface area contributed by atoms with Crippen LogP contribution in [0, 0.1) is 19.3 Å². The molecule has 2 heterocycles. The van der Waals surface area contributed by atoms with Crippen molar-refractivity contribution >= 4 is 11.3 Å². The summed E-state index contributed by atoms with van der Waals surface area (Å²) in [6.07, 6.45) is 2.61. The third kappa shape index (κ3) is 3.53. The SMILES string of the molecule is Cc1nc(C)c(CNCC2(C)CCN(C)CC2)s1. The molecule has 0 bridgehead atoms. The lowest BCUT2D eigenvalue weighted by atomic mass is 9.80. The quantitative estimate of drug-likeness (QED) is 0.909. The van der Waals surface area contributed by atoms with Crippen LogP contribution >= 0.6 is 11.3 Å². The second kappa shape index (κ2) is 5.68. The summed E-state index contributed by atoms with van der Waals surface area (Å²) in [6.45, 7) is 11.2. The van der Waals surface area contributed by atoms with Crippen LogP contribution in [-0.4, -0.2) is 36.6 Å². The molecule has 4 heteroatoms. The van der Waals surface area contributed by atoms with Crippen molar-refractivity contribution in [3.05, 3.63) is 15.6 Å². The molecule has 1 aliphatic heterocycles. The van der Waals surface area contributed by atoms with Gasteiger partial charge in [-0.2, -0.15) is 0 Å². The molecular formula is C14H25N3S. The summed E-state index contributed by atoms with van der Waals surface area (Å²) in [4.78, 5) is 8.30. The molecule has 1 aromatic heterocycles. The summed E-state index contributed by atoms with van der Waals surface area (Å²) in [5.74, 6) is 0. The van der Waals surface area contributed by atoms with Gasteiger partial charge in [0.15, 0.2) is 0 Å². The first-order valence-electron chi connectivity index (χ1n) is 6.81. The zero-order chi connectivity index (χ0) is 13.2. The molecule has 3 nitrogen and oxygen atoms in total. The average Bonchev–Trinajstić information content (AvgIpc) is 2.62. The van der Waals surface area contributed by atoms with E-state index in [0.29, 0.717) is 5.41 Å². The minimum atomic E-state index is 0.472. The van der Waals surface area contributed by atoms with Gasteiger partial charge < -0.3 is 10.2 Å². The summed E-state index contributed by atoms with van der Waals surface area (Å²) in [5, 5.41) is 4.81. The van der Waals surface area contributed by atoms with Gasteiger partial charge in [0.25, 0.3) is 0 Å². The molecule has 1 aromatic rings. The summed E-state index contributed by atoms with van der Waals surface area (Å²) in [7, 11) is 2.22. The third-order valence-corrected chi connectivity index (χ3v) is 5.10. The molecule has 1 saturated heterocycles. The Balaban J connectivity index is 1.80. The van der Waals surface area contributed by atoms with Crippen molar-refractivity contribution in [2.45, 2.75) is 40.2 Å². The normalized spacial score (nSPS) is 20.2. The van der Waals surface area contributed by atoms with E-state index in [9.17, 15) is 0 Å². The number of piperidine rings is 1. The largest absolute Gasteiger partial charge is 0.311 e. The third-order valence-electron chi connectivity index (χ3n) is 4.03. The van der Waals surface area contributed by atoms with E-state index in [-0.39, 0.29) is 0 Å². The van der Waals surface area contributed by atoms with Crippen LogP contribution in [0.5, 0.6) is 0 Å². The van der Waals surface area contributed by atoms with Gasteiger partial charge in [0, 0.05) is 18.0 Å². The molecule has 0 aromatic carbocycles. The van der Waals surface area contributed by atoms with Crippen LogP contribution in [-0.2, 0) is 6.54 Å². The predicted molar refractivity (Wildman–Crippen MR) is 78.1 cm³/mol. The number of aryl methyl sites for hydroxylation is 2. The first-order chi connectivity index (χ1) is 8.48. The van der Waals surface area contributed by atoms with Gasteiger partial charge in [0.1, 0.15) is 0 Å². The molecule has 0 radical (unpaired) electrons. The Hall–Kier alpha value is -0.450. The van der Waals surface area contributed by atoms with Crippen molar-refractivity contribution in [2.24, 2.45) is 5.41 Å². The maximum Gasteiger partial charge on any atom is 0.0900 e. The van der Waals surface area contributed by atoms with Crippen LogP contribution in [0.3, 0.4) is 0 Å². The highest BCUT2D eigenvalue weighted by Crippen LogP contribution is 2.29. The molecule has 102 valence electrons. The van der Waals surface area contributed by atoms with Crippen LogP contribution in [0.1, 0.15) is 35.3 Å². The van der Waals surface area contributed by atoms with Gasteiger partial charge in [-0.25, -0.2) is 4.98 Å². The van der Waals surface area contributed by atoms with E-state index in [0.717, 1.165) is 13.1 Å². The van der Waals surface area contributed by atoms with Gasteiger partial charge >= 0.3 is 0 Å². The lowest BCUT2D eigenvalue weighted by Gasteiger charge is -2.38. The Bertz CT molecular complexity index is 392. The minimum absolute atomic E-state index is 0.472. The number of hydrogen-bond acceptors (Lipinski definition) is 4. The number of hydrogen-bond donors (Lipinski definition) is 1. The van der Waals surface area contributed by atoms with E-state index < -0.39 is 0 Å². The van der Waals surface area contributed by atoms with Crippen molar-refractivity contribution in [1.82, 2.24) is 15.2 Å². The summed E-state index contributed by atoms with van der Waals surface area (Å²) in [6, 6.07) is 0. The van der Waals surface area contributed by atoms with Gasteiger partial charge in [-0.3, -0.25) is 0 Å². The fraction of sp³-hybridized carbons (Fsp3) is 0.786. The van der Waals surface area contributed by atoms with Crippen molar-refractivity contribution in [3.63, 3.8) is 0 Å². The van der Waals surface area contributed by atoms with Crippen molar-refractivity contribution < 1.29 is 0 Å². The Labute approximate surface area is 115 Å². The van der Waals surface area contributed by atoms with Gasteiger partial charge in [-0.15, -0.1) is 11.3 Å². The van der Waals surface area contributed by atoms with Gasteiger partial charge in [0.05, 0.1) is 10.7 Å². The van der Waals surface area contributed by atoms with Gasteiger partial charge in [0.2, 0.25) is 0 Å². The lowest BCUT2D eigenvalue weighted by molar-refractivity contribution is 0.137. The van der Waals surface area contributed by atoms with E-state index >= 15 is 0 Å². The van der Waals surface area contributed by atoms with Crippen molar-refractivity contribution in [3.8, 4) is 0 Å². The number of nitrogens with zero attached hydrogens (tertiary/aromatic N) is 2. The predicted octanol–water partition coefficient (Wildman–Crippen LogP) is 2.58. The fourth-order valence-electron chi connectivity index (χ4n) is 2.55. The number of aromatic nitrogens is 1. The standard InChI is InChI=1S/C14H25N3S/c1-11-13(18-12(2)16-11)9-15-10-14(3)5-7-17(4)8-6-14/h15H,5-10H2,1-4H3. The van der Waals surface area contributed by atoms with Crippen LogP contribution in [0.15, 0.2) is 0 Å². The minimum Gasteiger partial charge on any atom is -0.311 e. The average molecular weight is 267 g/mol. The molecule has 0 atom stereocenters. The molecule has 1 aliphatic rings. The summed E-state index contributed by atoms with van der Waals surface area (Å²) < 4.78 is 0.